The van der Waals surface area contributed by atoms with Gasteiger partial charge in [0.15, 0.2) is 11.5 Å². The van der Waals surface area contributed by atoms with Gasteiger partial charge in [0.25, 0.3) is 5.91 Å². The summed E-state index contributed by atoms with van der Waals surface area (Å²) in [6.45, 7) is 2.71. The van der Waals surface area contributed by atoms with E-state index >= 15 is 0 Å². The van der Waals surface area contributed by atoms with Crippen LogP contribution in [0.25, 0.3) is 0 Å². The predicted octanol–water partition coefficient (Wildman–Crippen LogP) is 3.34. The second kappa shape index (κ2) is 9.32. The molecule has 0 atom stereocenters. The van der Waals surface area contributed by atoms with Crippen molar-refractivity contribution in [2.24, 2.45) is 5.10 Å². The van der Waals surface area contributed by atoms with Crippen molar-refractivity contribution >= 4 is 12.1 Å². The van der Waals surface area contributed by atoms with Gasteiger partial charge in [-0.25, -0.2) is 5.43 Å². The summed E-state index contributed by atoms with van der Waals surface area (Å²) in [4.78, 5) is 11.9. The first kappa shape index (κ1) is 18.3. The largest absolute Gasteiger partial charge is 0.508 e. The lowest BCUT2D eigenvalue weighted by molar-refractivity contribution is 0.0954. The first-order valence-corrected chi connectivity index (χ1v) is 8.07. The van der Waals surface area contributed by atoms with E-state index < -0.39 is 5.91 Å². The van der Waals surface area contributed by atoms with Crippen LogP contribution in [0, 0.1) is 0 Å². The number of aromatic hydroxyl groups is 1. The van der Waals surface area contributed by atoms with Crippen molar-refractivity contribution < 1.29 is 19.4 Å². The third-order valence-electron chi connectivity index (χ3n) is 3.43. The highest BCUT2D eigenvalue weighted by Gasteiger charge is 2.06. The van der Waals surface area contributed by atoms with Crippen molar-refractivity contribution in [2.45, 2.75) is 19.8 Å². The van der Waals surface area contributed by atoms with Crippen LogP contribution in [0.4, 0.5) is 0 Å². The number of amides is 1. The Balaban J connectivity index is 2.02. The number of phenolic OH excluding ortho intramolecular Hbond substituents is 1. The first-order valence-electron chi connectivity index (χ1n) is 8.07. The molecule has 6 heteroatoms. The number of carbonyl (C=O) groups excluding carboxylic acids is 1. The Bertz CT molecular complexity index is 744. The van der Waals surface area contributed by atoms with Crippen LogP contribution in [-0.4, -0.2) is 30.9 Å². The van der Waals surface area contributed by atoms with Crippen LogP contribution < -0.4 is 14.9 Å². The minimum Gasteiger partial charge on any atom is -0.508 e. The smallest absolute Gasteiger partial charge is 0.271 e. The third-order valence-corrected chi connectivity index (χ3v) is 3.43. The highest BCUT2D eigenvalue weighted by atomic mass is 16.5. The Kier molecular flexibility index (Phi) is 6.83. The molecule has 0 unspecified atom stereocenters. The molecule has 0 radical (unpaired) electrons. The zero-order valence-electron chi connectivity index (χ0n) is 14.4. The zero-order chi connectivity index (χ0) is 18.1. The maximum atomic E-state index is 11.9. The lowest BCUT2D eigenvalue weighted by atomic mass is 10.2. The van der Waals surface area contributed by atoms with Crippen LogP contribution in [0.3, 0.4) is 0 Å². The molecule has 2 N–H and O–H groups in total. The van der Waals surface area contributed by atoms with E-state index in [9.17, 15) is 9.90 Å². The number of hydrazone groups is 1. The number of phenols is 1. The number of ether oxygens (including phenoxy) is 2. The second-order valence-corrected chi connectivity index (χ2v) is 5.36. The molecule has 1 amide bonds. The number of carbonyl (C=O) groups is 1. The van der Waals surface area contributed by atoms with Crippen molar-refractivity contribution in [1.82, 2.24) is 5.43 Å². The van der Waals surface area contributed by atoms with Crippen molar-refractivity contribution in [1.29, 1.82) is 0 Å². The van der Waals surface area contributed by atoms with Gasteiger partial charge in [0.1, 0.15) is 5.75 Å². The first-order chi connectivity index (χ1) is 12.1. The Hall–Kier alpha value is -3.02. The molecule has 0 saturated carbocycles. The lowest BCUT2D eigenvalue weighted by Crippen LogP contribution is -2.17. The van der Waals surface area contributed by atoms with E-state index in [2.05, 4.69) is 17.5 Å². The zero-order valence-corrected chi connectivity index (χ0v) is 14.4. The molecule has 0 aromatic heterocycles. The molecule has 0 heterocycles. The van der Waals surface area contributed by atoms with Gasteiger partial charge in [0.2, 0.25) is 0 Å². The van der Waals surface area contributed by atoms with Gasteiger partial charge >= 0.3 is 0 Å². The standard InChI is InChI=1S/C19H22N2O4/c1-3-4-10-25-18-11-14(8-9-17(18)24-2)13-20-21-19(23)15-6-5-7-16(22)12-15/h5-9,11-13,22H,3-4,10H2,1-2H3,(H,21,23)/b20-13-. The minimum atomic E-state index is -0.403. The van der Waals surface area contributed by atoms with Crippen LogP contribution in [0.15, 0.2) is 47.6 Å². The predicted molar refractivity (Wildman–Crippen MR) is 96.6 cm³/mol. The van der Waals surface area contributed by atoms with E-state index in [1.165, 1.54) is 18.3 Å². The number of hydrogen-bond acceptors (Lipinski definition) is 5. The van der Waals surface area contributed by atoms with Crippen LogP contribution in [0.5, 0.6) is 17.2 Å². The molecule has 2 rings (SSSR count). The summed E-state index contributed by atoms with van der Waals surface area (Å²) >= 11 is 0. The lowest BCUT2D eigenvalue weighted by Gasteiger charge is -2.10. The van der Waals surface area contributed by atoms with Gasteiger partial charge in [-0.3, -0.25) is 4.79 Å². The van der Waals surface area contributed by atoms with Crippen molar-refractivity contribution in [2.75, 3.05) is 13.7 Å². The Labute approximate surface area is 147 Å². The molecule has 25 heavy (non-hydrogen) atoms. The molecule has 0 bridgehead atoms. The normalized spacial score (nSPS) is 10.6. The maximum Gasteiger partial charge on any atom is 0.271 e. The molecule has 6 nitrogen and oxygen atoms in total. The number of methoxy groups -OCH3 is 1. The second-order valence-electron chi connectivity index (χ2n) is 5.36. The fourth-order valence-corrected chi connectivity index (χ4v) is 2.09. The summed E-state index contributed by atoms with van der Waals surface area (Å²) < 4.78 is 11.0. The van der Waals surface area contributed by atoms with Crippen molar-refractivity contribution in [3.05, 3.63) is 53.6 Å². The van der Waals surface area contributed by atoms with Gasteiger partial charge in [-0.2, -0.15) is 5.10 Å². The molecular weight excluding hydrogens is 320 g/mol. The van der Waals surface area contributed by atoms with Gasteiger partial charge < -0.3 is 14.6 Å². The summed E-state index contributed by atoms with van der Waals surface area (Å²) in [5.41, 5.74) is 3.52. The van der Waals surface area contributed by atoms with Crippen LogP contribution in [0.1, 0.15) is 35.7 Å². The topological polar surface area (TPSA) is 80.2 Å². The van der Waals surface area contributed by atoms with Gasteiger partial charge in [0, 0.05) is 5.56 Å². The average Bonchev–Trinajstić information content (AvgIpc) is 2.62. The minimum absolute atomic E-state index is 0.0284. The molecule has 0 fully saturated rings. The number of rotatable bonds is 8. The molecular formula is C19H22N2O4. The summed E-state index contributed by atoms with van der Waals surface area (Å²) in [6.07, 6.45) is 3.53. The molecule has 0 spiro atoms. The van der Waals surface area contributed by atoms with E-state index in [1.807, 2.05) is 6.07 Å². The van der Waals surface area contributed by atoms with Crippen LogP contribution in [-0.2, 0) is 0 Å². The number of nitrogens with zero attached hydrogens (tertiary/aromatic N) is 1. The van der Waals surface area contributed by atoms with Crippen molar-refractivity contribution in [3.63, 3.8) is 0 Å². The van der Waals surface area contributed by atoms with Crippen molar-refractivity contribution in [3.8, 4) is 17.2 Å². The fourth-order valence-electron chi connectivity index (χ4n) is 2.09. The van der Waals surface area contributed by atoms with Crippen LogP contribution in [0.2, 0.25) is 0 Å². The summed E-state index contributed by atoms with van der Waals surface area (Å²) in [6, 6.07) is 11.5. The molecule has 2 aromatic carbocycles. The molecule has 2 aromatic rings. The summed E-state index contributed by atoms with van der Waals surface area (Å²) in [5, 5.41) is 13.3. The highest BCUT2D eigenvalue weighted by molar-refractivity contribution is 5.95. The van der Waals surface area contributed by atoms with Gasteiger partial charge in [0.05, 0.1) is 19.9 Å². The average molecular weight is 342 g/mol. The third kappa shape index (κ3) is 5.53. The molecule has 0 aliphatic carbocycles. The Morgan fingerprint density at radius 2 is 2.08 bits per heavy atom. The van der Waals surface area contributed by atoms with Crippen LogP contribution >= 0.6 is 0 Å². The van der Waals surface area contributed by atoms with Gasteiger partial charge in [-0.1, -0.05) is 19.4 Å². The fraction of sp³-hybridized carbons (Fsp3) is 0.263. The van der Waals surface area contributed by atoms with E-state index in [-0.39, 0.29) is 5.75 Å². The number of nitrogens with one attached hydrogen (secondary N) is 1. The van der Waals surface area contributed by atoms with Gasteiger partial charge in [-0.05, 0) is 48.4 Å². The monoisotopic (exact) mass is 342 g/mol. The quantitative estimate of drug-likeness (QED) is 0.438. The number of hydrogen-bond donors (Lipinski definition) is 2. The molecule has 0 aliphatic heterocycles. The summed E-state index contributed by atoms with van der Waals surface area (Å²) in [5.74, 6) is 0.914. The molecule has 132 valence electrons. The number of benzene rings is 2. The maximum absolute atomic E-state index is 11.9. The summed E-state index contributed by atoms with van der Waals surface area (Å²) in [7, 11) is 1.59. The van der Waals surface area contributed by atoms with E-state index in [0.29, 0.717) is 23.7 Å². The Morgan fingerprint density at radius 1 is 1.24 bits per heavy atom. The molecule has 0 aliphatic rings. The molecule has 0 saturated heterocycles. The highest BCUT2D eigenvalue weighted by Crippen LogP contribution is 2.27. The van der Waals surface area contributed by atoms with E-state index in [1.54, 1.807) is 31.4 Å². The van der Waals surface area contributed by atoms with E-state index in [4.69, 9.17) is 9.47 Å². The van der Waals surface area contributed by atoms with E-state index in [0.717, 1.165) is 18.4 Å². The SMILES string of the molecule is CCCCOc1cc(/C=N\NC(=O)c2cccc(O)c2)ccc1OC. The van der Waals surface area contributed by atoms with Gasteiger partial charge in [-0.15, -0.1) is 0 Å². The Morgan fingerprint density at radius 3 is 2.80 bits per heavy atom. The number of unbranched alkanes of at least 4 members (excludes halogenated alkanes) is 1.